The number of fused-ring (bicyclic) bond motifs is 1. The van der Waals surface area contributed by atoms with Crippen molar-refractivity contribution >= 4 is 39.8 Å². The van der Waals surface area contributed by atoms with E-state index in [0.29, 0.717) is 6.42 Å². The van der Waals surface area contributed by atoms with Gasteiger partial charge in [-0.15, -0.1) is 0 Å². The summed E-state index contributed by atoms with van der Waals surface area (Å²) < 4.78 is 14.7. The minimum atomic E-state index is -0.534. The second-order valence-electron chi connectivity index (χ2n) is 6.55. The van der Waals surface area contributed by atoms with Gasteiger partial charge in [-0.25, -0.2) is 14.8 Å². The Labute approximate surface area is 169 Å². The highest BCUT2D eigenvalue weighted by atomic mass is 79.9. The number of para-hydroxylation sites is 1. The fourth-order valence-corrected chi connectivity index (χ4v) is 3.52. The zero-order valence-corrected chi connectivity index (χ0v) is 16.3. The Kier molecular flexibility index (Phi) is 5.10. The third kappa shape index (κ3) is 3.76. The predicted octanol–water partition coefficient (Wildman–Crippen LogP) is 2.63. The first kappa shape index (κ1) is 18.6. The van der Waals surface area contributed by atoms with Crippen molar-refractivity contribution in [2.45, 2.75) is 18.5 Å². The van der Waals surface area contributed by atoms with Gasteiger partial charge in [-0.05, 0) is 36.2 Å². The predicted molar refractivity (Wildman–Crippen MR) is 105 cm³/mol. The molecule has 28 heavy (non-hydrogen) atoms. The van der Waals surface area contributed by atoms with Crippen LogP contribution in [0.15, 0.2) is 58.1 Å². The molecule has 1 fully saturated rings. The molecule has 0 bridgehead atoms. The average molecular weight is 446 g/mol. The van der Waals surface area contributed by atoms with Crippen molar-refractivity contribution in [3.8, 4) is 0 Å². The zero-order valence-electron chi connectivity index (χ0n) is 14.7. The molecule has 0 saturated carbocycles. The molecule has 0 aromatic heterocycles. The van der Waals surface area contributed by atoms with E-state index in [9.17, 15) is 14.0 Å². The molecule has 2 unspecified atom stereocenters. The Balaban J connectivity index is 1.40. The molecule has 2 atom stereocenters. The summed E-state index contributed by atoms with van der Waals surface area (Å²) in [5.41, 5.74) is 4.38. The third-order valence-corrected chi connectivity index (χ3v) is 5.20. The number of nitrogens with one attached hydrogen (secondary N) is 2. The van der Waals surface area contributed by atoms with E-state index < -0.39 is 17.8 Å². The molecule has 1 saturated heterocycles. The highest BCUT2D eigenvalue weighted by molar-refractivity contribution is 9.10. The molecule has 9 heteroatoms. The van der Waals surface area contributed by atoms with Gasteiger partial charge in [0.1, 0.15) is 24.7 Å². The molecule has 0 spiro atoms. The highest BCUT2D eigenvalue weighted by Crippen LogP contribution is 2.30. The number of anilines is 1. The molecule has 2 heterocycles. The lowest BCUT2D eigenvalue weighted by atomic mass is 10.0. The van der Waals surface area contributed by atoms with E-state index in [1.807, 2.05) is 24.3 Å². The van der Waals surface area contributed by atoms with Crippen molar-refractivity contribution in [3.05, 3.63) is 64.4 Å². The number of hydrogen-bond donors (Lipinski definition) is 2. The molecule has 2 aliphatic heterocycles. The van der Waals surface area contributed by atoms with E-state index in [1.54, 1.807) is 11.1 Å². The van der Waals surface area contributed by atoms with Gasteiger partial charge in [-0.3, -0.25) is 14.6 Å². The molecule has 4 rings (SSSR count). The Morgan fingerprint density at radius 2 is 2.00 bits per heavy atom. The van der Waals surface area contributed by atoms with Crippen LogP contribution >= 0.6 is 15.9 Å². The second kappa shape index (κ2) is 7.69. The lowest BCUT2D eigenvalue weighted by molar-refractivity contribution is -0.139. The summed E-state index contributed by atoms with van der Waals surface area (Å²) >= 11 is 3.41. The third-order valence-electron chi connectivity index (χ3n) is 4.67. The van der Waals surface area contributed by atoms with Crippen molar-refractivity contribution in [1.82, 2.24) is 15.4 Å². The molecule has 2 aromatic rings. The summed E-state index contributed by atoms with van der Waals surface area (Å²) in [6, 6.07) is 13.3. The first-order valence-electron chi connectivity index (χ1n) is 8.71. The summed E-state index contributed by atoms with van der Waals surface area (Å²) in [6.45, 7) is -0.281. The fourth-order valence-electron chi connectivity index (χ4n) is 3.25. The largest absolute Gasteiger partial charge is 0.322 e. The van der Waals surface area contributed by atoms with Gasteiger partial charge in [-0.2, -0.15) is 5.10 Å². The maximum Gasteiger partial charge on any atom is 0.267 e. The Morgan fingerprint density at radius 1 is 1.25 bits per heavy atom. The summed E-state index contributed by atoms with van der Waals surface area (Å²) in [4.78, 5) is 25.0. The fraction of sp³-hybridized carbons (Fsp3) is 0.211. The normalized spacial score (nSPS) is 21.0. The molecule has 0 radical (unpaired) electrons. The number of rotatable bonds is 4. The summed E-state index contributed by atoms with van der Waals surface area (Å²) in [5, 5.41) is 9.30. The number of amides is 2. The lowest BCUT2D eigenvalue weighted by Gasteiger charge is -2.29. The maximum atomic E-state index is 13.7. The first-order valence-corrected chi connectivity index (χ1v) is 9.50. The van der Waals surface area contributed by atoms with Crippen molar-refractivity contribution in [2.75, 3.05) is 11.9 Å². The van der Waals surface area contributed by atoms with Crippen LogP contribution in [0, 0.1) is 5.82 Å². The number of carbonyl (C=O) groups is 2. The van der Waals surface area contributed by atoms with Crippen LogP contribution < -0.4 is 10.7 Å². The zero-order chi connectivity index (χ0) is 19.7. The van der Waals surface area contributed by atoms with Crippen molar-refractivity contribution in [2.24, 2.45) is 5.10 Å². The second-order valence-corrected chi connectivity index (χ2v) is 7.46. The van der Waals surface area contributed by atoms with Crippen LogP contribution in [0.4, 0.5) is 10.1 Å². The number of hydrazine groups is 1. The van der Waals surface area contributed by atoms with Gasteiger partial charge < -0.3 is 5.32 Å². The molecule has 2 aliphatic rings. The number of halogens is 2. The molecule has 0 aliphatic carbocycles. The summed E-state index contributed by atoms with van der Waals surface area (Å²) in [6.07, 6.45) is 2.05. The lowest BCUT2D eigenvalue weighted by Crippen LogP contribution is -2.52. The molecular formula is C19H17BrFN5O2. The van der Waals surface area contributed by atoms with Gasteiger partial charge in [0, 0.05) is 4.47 Å². The molecule has 144 valence electrons. The monoisotopic (exact) mass is 445 g/mol. The number of carbonyl (C=O) groups excluding carboxylic acids is 2. The molecule has 2 N–H and O–H groups in total. The van der Waals surface area contributed by atoms with Gasteiger partial charge in [0.15, 0.2) is 0 Å². The molecule has 7 nitrogen and oxygen atoms in total. The Hall–Kier alpha value is -2.78. The van der Waals surface area contributed by atoms with Crippen LogP contribution in [0.3, 0.4) is 0 Å². The smallest absolute Gasteiger partial charge is 0.267 e. The number of benzene rings is 2. The van der Waals surface area contributed by atoms with Crippen LogP contribution in [0.25, 0.3) is 0 Å². The van der Waals surface area contributed by atoms with Crippen LogP contribution in [0.1, 0.15) is 18.0 Å². The van der Waals surface area contributed by atoms with Gasteiger partial charge in [-0.1, -0.05) is 40.2 Å². The van der Waals surface area contributed by atoms with Gasteiger partial charge in [0.05, 0.1) is 11.7 Å². The van der Waals surface area contributed by atoms with E-state index in [2.05, 4.69) is 31.8 Å². The van der Waals surface area contributed by atoms with E-state index in [0.717, 1.165) is 15.0 Å². The topological polar surface area (TPSA) is 77.0 Å². The minimum absolute atomic E-state index is 0.0271. The van der Waals surface area contributed by atoms with Crippen LogP contribution in [-0.2, 0) is 9.59 Å². The van der Waals surface area contributed by atoms with Gasteiger partial charge in [0.2, 0.25) is 5.91 Å². The van der Waals surface area contributed by atoms with Crippen molar-refractivity contribution < 1.29 is 14.0 Å². The minimum Gasteiger partial charge on any atom is -0.322 e. The van der Waals surface area contributed by atoms with Crippen molar-refractivity contribution in [1.29, 1.82) is 0 Å². The van der Waals surface area contributed by atoms with Gasteiger partial charge in [0.25, 0.3) is 5.91 Å². The average Bonchev–Trinajstić information content (AvgIpc) is 3.12. The van der Waals surface area contributed by atoms with E-state index in [-0.39, 0.29) is 24.2 Å². The Morgan fingerprint density at radius 3 is 2.75 bits per heavy atom. The molecule has 2 aromatic carbocycles. The SMILES string of the molecule is O=C(CN1N=CN2NC(c3ccc(Br)cc3)CC2C1=O)Nc1ccccc1F. The number of hydrogen-bond acceptors (Lipinski definition) is 5. The Bertz CT molecular complexity index is 936. The van der Waals surface area contributed by atoms with Crippen molar-refractivity contribution in [3.63, 3.8) is 0 Å². The van der Waals surface area contributed by atoms with Crippen LogP contribution in [0.5, 0.6) is 0 Å². The standard InChI is InChI=1S/C19H17BrFN5O2/c20-13-7-5-12(6-8-13)16-9-17-19(28)25(22-11-26(17)24-16)10-18(27)23-15-4-2-1-3-14(15)21/h1-8,11,16-17,24H,9-10H2,(H,23,27). The van der Waals surface area contributed by atoms with E-state index >= 15 is 0 Å². The van der Waals surface area contributed by atoms with Crippen LogP contribution in [-0.4, -0.2) is 40.8 Å². The van der Waals surface area contributed by atoms with Crippen LogP contribution in [0.2, 0.25) is 0 Å². The molecule has 2 amide bonds. The van der Waals surface area contributed by atoms with E-state index in [4.69, 9.17) is 0 Å². The number of hydrazone groups is 1. The number of nitrogens with zero attached hydrogens (tertiary/aromatic N) is 3. The maximum absolute atomic E-state index is 13.7. The highest BCUT2D eigenvalue weighted by Gasteiger charge is 2.41. The summed E-state index contributed by atoms with van der Waals surface area (Å²) in [7, 11) is 0. The van der Waals surface area contributed by atoms with E-state index in [1.165, 1.54) is 24.5 Å². The quantitative estimate of drug-likeness (QED) is 0.758. The summed E-state index contributed by atoms with van der Waals surface area (Å²) in [5.74, 6) is -1.33. The molecular weight excluding hydrogens is 429 g/mol. The van der Waals surface area contributed by atoms with Gasteiger partial charge >= 0.3 is 0 Å². The first-order chi connectivity index (χ1) is 13.5.